The fourth-order valence-electron chi connectivity index (χ4n) is 1.21. The first-order chi connectivity index (χ1) is 7.20. The molecule has 80 valence electrons. The van der Waals surface area contributed by atoms with Crippen molar-refractivity contribution in [3.8, 4) is 5.75 Å². The largest absolute Gasteiger partial charge is 0.486 e. The van der Waals surface area contributed by atoms with Gasteiger partial charge in [-0.3, -0.25) is 0 Å². The number of pyridine rings is 1. The molecule has 0 spiro atoms. The highest BCUT2D eigenvalue weighted by Gasteiger charge is 2.25. The lowest BCUT2D eigenvalue weighted by atomic mass is 10.3. The second-order valence-electron chi connectivity index (χ2n) is 3.37. The molecule has 15 heavy (non-hydrogen) atoms. The first kappa shape index (κ1) is 9.70. The maximum Gasteiger partial charge on any atom is 0.387 e. The van der Waals surface area contributed by atoms with E-state index in [9.17, 15) is 10.1 Å². The summed E-state index contributed by atoms with van der Waals surface area (Å²) in [5, 5.41) is 13.3. The van der Waals surface area contributed by atoms with Crippen LogP contribution in [0.4, 0.5) is 11.5 Å². The van der Waals surface area contributed by atoms with E-state index in [1.54, 1.807) is 13.1 Å². The van der Waals surface area contributed by atoms with E-state index < -0.39 is 4.92 Å². The van der Waals surface area contributed by atoms with Crippen molar-refractivity contribution in [1.29, 1.82) is 0 Å². The molecule has 1 N–H and O–H groups in total. The maximum absolute atomic E-state index is 10.6. The quantitative estimate of drug-likeness (QED) is 0.601. The molecule has 1 fully saturated rings. The van der Waals surface area contributed by atoms with Crippen LogP contribution in [0.15, 0.2) is 12.3 Å². The number of nitrogens with one attached hydrogen (secondary N) is 1. The highest BCUT2D eigenvalue weighted by Crippen LogP contribution is 2.30. The number of nitrogens with zero attached hydrogens (tertiary/aromatic N) is 2. The number of aromatic nitrogens is 1. The first-order valence-electron chi connectivity index (χ1n) is 4.69. The Hall–Kier alpha value is -1.85. The van der Waals surface area contributed by atoms with Crippen LogP contribution >= 0.6 is 0 Å². The third-order valence-electron chi connectivity index (χ3n) is 2.11. The second-order valence-corrected chi connectivity index (χ2v) is 3.37. The predicted molar refractivity (Wildman–Crippen MR) is 54.1 cm³/mol. The van der Waals surface area contributed by atoms with Gasteiger partial charge in [-0.15, -0.1) is 0 Å². The van der Waals surface area contributed by atoms with Crippen molar-refractivity contribution in [2.75, 3.05) is 12.4 Å². The van der Waals surface area contributed by atoms with Gasteiger partial charge in [-0.2, -0.15) is 0 Å². The Balaban J connectivity index is 2.24. The van der Waals surface area contributed by atoms with Crippen LogP contribution in [0.1, 0.15) is 12.8 Å². The molecule has 0 radical (unpaired) electrons. The summed E-state index contributed by atoms with van der Waals surface area (Å²) in [6, 6.07) is 1.60. The van der Waals surface area contributed by atoms with E-state index in [1.807, 2.05) is 0 Å². The summed E-state index contributed by atoms with van der Waals surface area (Å²) >= 11 is 0. The maximum atomic E-state index is 10.6. The van der Waals surface area contributed by atoms with E-state index in [2.05, 4.69) is 10.3 Å². The number of anilines is 1. The van der Waals surface area contributed by atoms with Crippen LogP contribution in [0.5, 0.6) is 5.75 Å². The van der Waals surface area contributed by atoms with E-state index >= 15 is 0 Å². The summed E-state index contributed by atoms with van der Waals surface area (Å²) in [5.74, 6) is 0.396. The SMILES string of the molecule is CNc1cc(OC2CC2)cnc1[N+](=O)[O-]. The summed E-state index contributed by atoms with van der Waals surface area (Å²) in [6.07, 6.45) is 3.74. The molecule has 0 bridgehead atoms. The van der Waals surface area contributed by atoms with Crippen molar-refractivity contribution in [3.63, 3.8) is 0 Å². The summed E-state index contributed by atoms with van der Waals surface area (Å²) in [7, 11) is 1.62. The van der Waals surface area contributed by atoms with Crippen LogP contribution < -0.4 is 10.1 Å². The third-order valence-corrected chi connectivity index (χ3v) is 2.11. The van der Waals surface area contributed by atoms with Crippen molar-refractivity contribution in [3.05, 3.63) is 22.4 Å². The Bertz CT molecular complexity index is 390. The summed E-state index contributed by atoms with van der Waals surface area (Å²) in [5.41, 5.74) is 0.373. The fraction of sp³-hybridized carbons (Fsp3) is 0.444. The van der Waals surface area contributed by atoms with E-state index in [0.717, 1.165) is 12.8 Å². The van der Waals surface area contributed by atoms with Crippen LogP contribution in [0.2, 0.25) is 0 Å². The van der Waals surface area contributed by atoms with Crippen LogP contribution in [0.3, 0.4) is 0 Å². The van der Waals surface area contributed by atoms with Crippen molar-refractivity contribution in [2.45, 2.75) is 18.9 Å². The van der Waals surface area contributed by atoms with Gasteiger partial charge < -0.3 is 20.2 Å². The lowest BCUT2D eigenvalue weighted by Gasteiger charge is -2.05. The standard InChI is InChI=1S/C9H11N3O3/c1-10-8-4-7(15-6-2-3-6)5-11-9(8)12(13)14/h4-6,10H,2-3H2,1H3. The average molecular weight is 209 g/mol. The van der Waals surface area contributed by atoms with Crippen LogP contribution in [0.25, 0.3) is 0 Å². The van der Waals surface area contributed by atoms with Gasteiger partial charge in [0.1, 0.15) is 5.69 Å². The van der Waals surface area contributed by atoms with Gasteiger partial charge in [0.25, 0.3) is 0 Å². The summed E-state index contributed by atoms with van der Waals surface area (Å²) in [4.78, 5) is 13.8. The molecule has 1 saturated carbocycles. The molecule has 2 rings (SSSR count). The summed E-state index contributed by atoms with van der Waals surface area (Å²) in [6.45, 7) is 0. The predicted octanol–water partition coefficient (Wildman–Crippen LogP) is 1.57. The van der Waals surface area contributed by atoms with Gasteiger partial charge in [0.05, 0.1) is 6.10 Å². The van der Waals surface area contributed by atoms with Gasteiger partial charge in [-0.1, -0.05) is 0 Å². The number of hydrogen-bond donors (Lipinski definition) is 1. The number of hydrogen-bond acceptors (Lipinski definition) is 5. The molecule has 6 heteroatoms. The topological polar surface area (TPSA) is 77.3 Å². The Morgan fingerprint density at radius 2 is 2.40 bits per heavy atom. The zero-order valence-electron chi connectivity index (χ0n) is 8.27. The molecule has 0 aliphatic heterocycles. The van der Waals surface area contributed by atoms with Gasteiger partial charge in [-0.25, -0.2) is 0 Å². The number of nitro groups is 1. The molecular formula is C9H11N3O3. The zero-order chi connectivity index (χ0) is 10.8. The molecular weight excluding hydrogens is 198 g/mol. The smallest absolute Gasteiger partial charge is 0.387 e. The van der Waals surface area contributed by atoms with E-state index in [4.69, 9.17) is 4.74 Å². The first-order valence-corrected chi connectivity index (χ1v) is 4.69. The lowest BCUT2D eigenvalue weighted by Crippen LogP contribution is -2.02. The molecule has 1 aromatic rings. The monoisotopic (exact) mass is 209 g/mol. The van der Waals surface area contributed by atoms with Gasteiger partial charge in [-0.05, 0) is 22.7 Å². The highest BCUT2D eigenvalue weighted by molar-refractivity contribution is 5.59. The molecule has 0 aromatic carbocycles. The van der Waals surface area contributed by atoms with Gasteiger partial charge >= 0.3 is 5.82 Å². The Labute approximate surface area is 86.4 Å². The normalized spacial score (nSPS) is 14.7. The molecule has 0 amide bonds. The Kier molecular flexibility index (Phi) is 2.40. The van der Waals surface area contributed by atoms with Gasteiger partial charge in [0, 0.05) is 13.1 Å². The van der Waals surface area contributed by atoms with Crippen LogP contribution in [0, 0.1) is 10.1 Å². The van der Waals surface area contributed by atoms with Crippen LogP contribution in [-0.2, 0) is 0 Å². The van der Waals surface area contributed by atoms with E-state index in [0.29, 0.717) is 11.4 Å². The van der Waals surface area contributed by atoms with Gasteiger partial charge in [0.15, 0.2) is 11.9 Å². The zero-order valence-corrected chi connectivity index (χ0v) is 8.27. The van der Waals surface area contributed by atoms with Crippen molar-refractivity contribution < 1.29 is 9.66 Å². The fourth-order valence-corrected chi connectivity index (χ4v) is 1.21. The minimum Gasteiger partial charge on any atom is -0.486 e. The van der Waals surface area contributed by atoms with E-state index in [1.165, 1.54) is 6.20 Å². The average Bonchev–Trinajstić information content (AvgIpc) is 3.01. The van der Waals surface area contributed by atoms with Crippen molar-refractivity contribution in [2.24, 2.45) is 0 Å². The minimum absolute atomic E-state index is 0.180. The van der Waals surface area contributed by atoms with Crippen molar-refractivity contribution >= 4 is 11.5 Å². The minimum atomic E-state index is -0.521. The summed E-state index contributed by atoms with van der Waals surface area (Å²) < 4.78 is 5.48. The third kappa shape index (κ3) is 2.15. The molecule has 1 aliphatic rings. The number of rotatable bonds is 4. The molecule has 1 aromatic heterocycles. The Morgan fingerprint density at radius 1 is 1.67 bits per heavy atom. The van der Waals surface area contributed by atoms with Crippen molar-refractivity contribution in [1.82, 2.24) is 4.98 Å². The van der Waals surface area contributed by atoms with Crippen LogP contribution in [-0.4, -0.2) is 23.1 Å². The highest BCUT2D eigenvalue weighted by atomic mass is 16.6. The van der Waals surface area contributed by atoms with Gasteiger partial charge in [0.2, 0.25) is 0 Å². The lowest BCUT2D eigenvalue weighted by molar-refractivity contribution is -0.388. The van der Waals surface area contributed by atoms with E-state index in [-0.39, 0.29) is 11.9 Å². The molecule has 0 atom stereocenters. The molecule has 6 nitrogen and oxygen atoms in total. The Morgan fingerprint density at radius 3 is 2.93 bits per heavy atom. The molecule has 0 unspecified atom stereocenters. The molecule has 0 saturated heterocycles. The molecule has 1 aliphatic carbocycles. The molecule has 1 heterocycles. The number of ether oxygens (including phenoxy) is 1. The second kappa shape index (κ2) is 3.72.